The number of morpholine rings is 1. The van der Waals surface area contributed by atoms with Crippen LogP contribution in [0.5, 0.6) is 0 Å². The lowest BCUT2D eigenvalue weighted by Crippen LogP contribution is -2.54. The molecule has 0 aromatic carbocycles. The number of hydrogen-bond acceptors (Lipinski definition) is 7. The summed E-state index contributed by atoms with van der Waals surface area (Å²) in [6.07, 6.45) is 0.0192. The highest BCUT2D eigenvalue weighted by atomic mass is 35.5. The number of halogens is 1. The zero-order chi connectivity index (χ0) is 25.0. The van der Waals surface area contributed by atoms with Crippen molar-refractivity contribution in [3.8, 4) is 0 Å². The van der Waals surface area contributed by atoms with Crippen LogP contribution in [0.1, 0.15) is 24.6 Å². The van der Waals surface area contributed by atoms with Crippen LogP contribution < -0.4 is 4.72 Å². The van der Waals surface area contributed by atoms with E-state index in [-0.39, 0.29) is 31.2 Å². The molecule has 0 saturated carbocycles. The molecule has 0 unspecified atom stereocenters. The molecule has 1 aromatic rings. The highest BCUT2D eigenvalue weighted by molar-refractivity contribution is 7.92. The number of sulfonamides is 1. The van der Waals surface area contributed by atoms with E-state index in [4.69, 9.17) is 16.3 Å². The largest absolute Gasteiger partial charge is 0.378 e. The van der Waals surface area contributed by atoms with Gasteiger partial charge in [-0.3, -0.25) is 14.4 Å². The second kappa shape index (κ2) is 11.2. The fourth-order valence-electron chi connectivity index (χ4n) is 3.84. The maximum absolute atomic E-state index is 13.2. The Labute approximate surface area is 208 Å². The summed E-state index contributed by atoms with van der Waals surface area (Å²) in [5.41, 5.74) is 0.489. The lowest BCUT2D eigenvalue weighted by molar-refractivity contribution is -0.149. The second-order valence-electron chi connectivity index (χ2n) is 8.39. The first-order valence-electron chi connectivity index (χ1n) is 10.8. The molecule has 3 heterocycles. The van der Waals surface area contributed by atoms with Crippen molar-refractivity contribution in [2.45, 2.75) is 31.8 Å². The van der Waals surface area contributed by atoms with Crippen molar-refractivity contribution in [1.82, 2.24) is 19.4 Å². The normalized spacial score (nSPS) is 20.5. The SMILES string of the molecule is C/C(=C\S(=O)(=O)N[C@H]1CCN([C@@H](CC(=O)N(C)C)C(=O)N2CCOCC2)C1=O)c1ccc(Cl)s1. The zero-order valence-corrected chi connectivity index (χ0v) is 21.7. The van der Waals surface area contributed by atoms with Gasteiger partial charge in [0.05, 0.1) is 29.4 Å². The molecule has 0 spiro atoms. The van der Waals surface area contributed by atoms with E-state index < -0.39 is 28.0 Å². The summed E-state index contributed by atoms with van der Waals surface area (Å²) in [4.78, 5) is 43.8. The van der Waals surface area contributed by atoms with Crippen LogP contribution >= 0.6 is 22.9 Å². The van der Waals surface area contributed by atoms with Gasteiger partial charge in [0.15, 0.2) is 0 Å². The molecular weight excluding hydrogens is 504 g/mol. The molecule has 0 bridgehead atoms. The third-order valence-electron chi connectivity index (χ3n) is 5.69. The minimum atomic E-state index is -3.95. The van der Waals surface area contributed by atoms with Gasteiger partial charge in [0.2, 0.25) is 27.7 Å². The number of nitrogens with zero attached hydrogens (tertiary/aromatic N) is 3. The number of carbonyl (C=O) groups excluding carboxylic acids is 3. The third kappa shape index (κ3) is 6.57. The molecular formula is C21H29ClN4O6S2. The van der Waals surface area contributed by atoms with E-state index in [1.165, 1.54) is 21.1 Å². The quantitative estimate of drug-likeness (QED) is 0.533. The van der Waals surface area contributed by atoms with E-state index in [1.54, 1.807) is 38.1 Å². The molecule has 1 N–H and O–H groups in total. The van der Waals surface area contributed by atoms with E-state index in [0.717, 1.165) is 5.41 Å². The van der Waals surface area contributed by atoms with Crippen LogP contribution in [0, 0.1) is 0 Å². The molecule has 34 heavy (non-hydrogen) atoms. The van der Waals surface area contributed by atoms with E-state index in [2.05, 4.69) is 4.72 Å². The standard InChI is InChI=1S/C21H29ClN4O6S2/c1-14(17-4-5-18(22)33-17)13-34(30,31)23-15-6-7-26(20(15)28)16(12-19(27)24(2)3)21(29)25-8-10-32-11-9-25/h4-5,13,15-16,23H,6-12H2,1-3H3/b14-13+/t15-,16-/m0/s1. The molecule has 13 heteroatoms. The van der Waals surface area contributed by atoms with Gasteiger partial charge in [-0.2, -0.15) is 4.72 Å². The summed E-state index contributed by atoms with van der Waals surface area (Å²) < 4.78 is 33.7. The molecule has 2 saturated heterocycles. The Hall–Kier alpha value is -1.99. The summed E-state index contributed by atoms with van der Waals surface area (Å²) in [6.45, 7) is 3.33. The topological polar surface area (TPSA) is 116 Å². The van der Waals surface area contributed by atoms with Crippen LogP contribution in [0.4, 0.5) is 0 Å². The Morgan fingerprint density at radius 2 is 1.97 bits per heavy atom. The van der Waals surface area contributed by atoms with Crippen LogP contribution in [-0.2, 0) is 29.1 Å². The molecule has 3 rings (SSSR count). The number of allylic oxidation sites excluding steroid dienone is 1. The summed E-state index contributed by atoms with van der Waals surface area (Å²) in [5, 5.41) is 1.07. The molecule has 0 radical (unpaired) electrons. The van der Waals surface area contributed by atoms with Crippen molar-refractivity contribution >= 4 is 56.3 Å². The molecule has 10 nitrogen and oxygen atoms in total. The van der Waals surface area contributed by atoms with Crippen LogP contribution in [0.2, 0.25) is 4.34 Å². The molecule has 2 aliphatic rings. The predicted molar refractivity (Wildman–Crippen MR) is 130 cm³/mol. The lowest BCUT2D eigenvalue weighted by atomic mass is 10.1. The Balaban J connectivity index is 1.75. The highest BCUT2D eigenvalue weighted by Gasteiger charge is 2.42. The molecule has 2 atom stereocenters. The number of ether oxygens (including phenoxy) is 1. The summed E-state index contributed by atoms with van der Waals surface area (Å²) in [7, 11) is -0.785. The highest BCUT2D eigenvalue weighted by Crippen LogP contribution is 2.28. The number of carbonyl (C=O) groups is 3. The van der Waals surface area contributed by atoms with Gasteiger partial charge in [-0.05, 0) is 31.1 Å². The van der Waals surface area contributed by atoms with E-state index in [9.17, 15) is 22.8 Å². The van der Waals surface area contributed by atoms with E-state index in [1.807, 2.05) is 0 Å². The maximum atomic E-state index is 13.2. The maximum Gasteiger partial charge on any atom is 0.246 e. The van der Waals surface area contributed by atoms with Gasteiger partial charge in [-0.25, -0.2) is 8.42 Å². The van der Waals surface area contributed by atoms with Crippen molar-refractivity contribution in [1.29, 1.82) is 0 Å². The van der Waals surface area contributed by atoms with Crippen LogP contribution in [0.25, 0.3) is 5.57 Å². The summed E-state index contributed by atoms with van der Waals surface area (Å²) in [5.74, 6) is -1.15. The summed E-state index contributed by atoms with van der Waals surface area (Å²) >= 11 is 7.18. The summed E-state index contributed by atoms with van der Waals surface area (Å²) in [6, 6.07) is 1.38. The van der Waals surface area contributed by atoms with Gasteiger partial charge in [0.1, 0.15) is 12.1 Å². The Morgan fingerprint density at radius 3 is 2.56 bits per heavy atom. The minimum Gasteiger partial charge on any atom is -0.378 e. The monoisotopic (exact) mass is 532 g/mol. The fourth-order valence-corrected chi connectivity index (χ4v) is 6.21. The molecule has 1 aromatic heterocycles. The van der Waals surface area contributed by atoms with E-state index >= 15 is 0 Å². The van der Waals surface area contributed by atoms with Crippen molar-refractivity contribution in [3.63, 3.8) is 0 Å². The van der Waals surface area contributed by atoms with E-state index in [0.29, 0.717) is 41.1 Å². The number of likely N-dealkylation sites (tertiary alicyclic amines) is 1. The molecule has 0 aliphatic carbocycles. The fraction of sp³-hybridized carbons (Fsp3) is 0.571. The predicted octanol–water partition coefficient (Wildman–Crippen LogP) is 0.988. The number of hydrogen-bond donors (Lipinski definition) is 1. The molecule has 188 valence electrons. The second-order valence-corrected chi connectivity index (χ2v) is 11.7. The first-order valence-corrected chi connectivity index (χ1v) is 13.6. The number of nitrogens with one attached hydrogen (secondary N) is 1. The Morgan fingerprint density at radius 1 is 1.29 bits per heavy atom. The lowest BCUT2D eigenvalue weighted by Gasteiger charge is -2.34. The first kappa shape index (κ1) is 26.6. The van der Waals surface area contributed by atoms with Gasteiger partial charge in [0.25, 0.3) is 0 Å². The Bertz CT molecular complexity index is 1070. The van der Waals surface area contributed by atoms with Gasteiger partial charge < -0.3 is 19.4 Å². The average Bonchev–Trinajstić information content (AvgIpc) is 3.37. The van der Waals surface area contributed by atoms with Crippen LogP contribution in [0.3, 0.4) is 0 Å². The number of amides is 3. The van der Waals surface area contributed by atoms with Crippen LogP contribution in [-0.4, -0.2) is 99.9 Å². The molecule has 3 amide bonds. The van der Waals surface area contributed by atoms with Crippen molar-refractivity contribution < 1.29 is 27.5 Å². The Kier molecular flexibility index (Phi) is 8.74. The van der Waals surface area contributed by atoms with Gasteiger partial charge in [-0.15, -0.1) is 11.3 Å². The third-order valence-corrected chi connectivity index (χ3v) is 8.33. The van der Waals surface area contributed by atoms with Crippen LogP contribution in [0.15, 0.2) is 17.5 Å². The van der Waals surface area contributed by atoms with Crippen molar-refractivity contribution in [2.24, 2.45) is 0 Å². The van der Waals surface area contributed by atoms with Gasteiger partial charge in [-0.1, -0.05) is 11.6 Å². The van der Waals surface area contributed by atoms with Crippen molar-refractivity contribution in [2.75, 3.05) is 46.9 Å². The molecule has 2 fully saturated rings. The van der Waals surface area contributed by atoms with Gasteiger partial charge in [0, 0.05) is 38.6 Å². The molecule has 2 aliphatic heterocycles. The number of rotatable bonds is 8. The number of thiophene rings is 1. The first-order chi connectivity index (χ1) is 16.0. The van der Waals surface area contributed by atoms with Gasteiger partial charge >= 0.3 is 0 Å². The van der Waals surface area contributed by atoms with Crippen molar-refractivity contribution in [3.05, 3.63) is 26.8 Å². The minimum absolute atomic E-state index is 0.163. The zero-order valence-electron chi connectivity index (χ0n) is 19.3. The average molecular weight is 533 g/mol. The smallest absolute Gasteiger partial charge is 0.246 e.